The first-order valence-corrected chi connectivity index (χ1v) is 11.7. The minimum Gasteiger partial charge on any atom is -0.479 e. The van der Waals surface area contributed by atoms with Gasteiger partial charge in [-0.15, -0.1) is 0 Å². The zero-order chi connectivity index (χ0) is 22.3. The van der Waals surface area contributed by atoms with Crippen molar-refractivity contribution >= 4 is 44.8 Å². The number of ether oxygens (including phenoxy) is 1. The molecular weight excluding hydrogens is 442 g/mol. The molecule has 2 aromatic rings. The zero-order valence-electron chi connectivity index (χ0n) is 17.0. The summed E-state index contributed by atoms with van der Waals surface area (Å²) in [6, 6.07) is 8.62. The molecule has 10 heteroatoms. The van der Waals surface area contributed by atoms with E-state index in [9.17, 15) is 18.0 Å². The van der Waals surface area contributed by atoms with E-state index in [1.165, 1.54) is 22.5 Å². The Labute approximate surface area is 185 Å². The molecule has 31 heavy (non-hydrogen) atoms. The van der Waals surface area contributed by atoms with Crippen molar-refractivity contribution in [2.24, 2.45) is 0 Å². The van der Waals surface area contributed by atoms with Gasteiger partial charge in [0.1, 0.15) is 11.8 Å². The van der Waals surface area contributed by atoms with Gasteiger partial charge in [-0.1, -0.05) is 17.7 Å². The molecular formula is C21H22ClN3O5S. The monoisotopic (exact) mass is 463 g/mol. The average Bonchev–Trinajstić information content (AvgIpc) is 3.23. The number of halogens is 1. The second-order valence-electron chi connectivity index (χ2n) is 7.58. The number of nitrogens with zero attached hydrogens (tertiary/aromatic N) is 1. The van der Waals surface area contributed by atoms with E-state index in [4.69, 9.17) is 16.3 Å². The molecule has 8 nitrogen and oxygen atoms in total. The summed E-state index contributed by atoms with van der Waals surface area (Å²) >= 11 is 6.12. The Balaban J connectivity index is 1.59. The number of fused-ring (bicyclic) bond motifs is 1. The highest BCUT2D eigenvalue weighted by molar-refractivity contribution is 7.89. The summed E-state index contributed by atoms with van der Waals surface area (Å²) in [6.07, 6.45) is 0.317. The summed E-state index contributed by atoms with van der Waals surface area (Å²) in [5.74, 6) is -0.356. The van der Waals surface area contributed by atoms with Crippen molar-refractivity contribution in [3.05, 3.63) is 47.0 Å². The first-order chi connectivity index (χ1) is 14.7. The van der Waals surface area contributed by atoms with Gasteiger partial charge in [0, 0.05) is 17.3 Å². The number of hydrogen-bond acceptors (Lipinski definition) is 5. The first kappa shape index (κ1) is 21.6. The molecule has 4 rings (SSSR count). The topological polar surface area (TPSA) is 105 Å². The Morgan fingerprint density at radius 2 is 2.06 bits per heavy atom. The Hall–Kier alpha value is -2.62. The Morgan fingerprint density at radius 1 is 1.29 bits per heavy atom. The average molecular weight is 464 g/mol. The van der Waals surface area contributed by atoms with E-state index in [-0.39, 0.29) is 17.3 Å². The van der Waals surface area contributed by atoms with Crippen LogP contribution in [0.4, 0.5) is 11.4 Å². The third kappa shape index (κ3) is 4.00. The number of hydrogen-bond donors (Lipinski definition) is 2. The van der Waals surface area contributed by atoms with Gasteiger partial charge in [-0.3, -0.25) is 9.59 Å². The van der Waals surface area contributed by atoms with Gasteiger partial charge in [-0.05, 0) is 62.6 Å². The van der Waals surface area contributed by atoms with Crippen molar-refractivity contribution in [2.45, 2.75) is 43.7 Å². The van der Waals surface area contributed by atoms with Crippen LogP contribution in [0.25, 0.3) is 0 Å². The molecule has 0 bridgehead atoms. The van der Waals surface area contributed by atoms with Crippen LogP contribution in [0.5, 0.6) is 5.75 Å². The second-order valence-corrected chi connectivity index (χ2v) is 9.88. The number of amides is 2. The van der Waals surface area contributed by atoms with Crippen molar-refractivity contribution in [1.82, 2.24) is 4.31 Å². The lowest BCUT2D eigenvalue weighted by Gasteiger charge is -2.26. The van der Waals surface area contributed by atoms with Gasteiger partial charge < -0.3 is 15.4 Å². The number of carbonyl (C=O) groups is 2. The van der Waals surface area contributed by atoms with E-state index in [1.54, 1.807) is 32.0 Å². The highest BCUT2D eigenvalue weighted by Gasteiger charge is 2.40. The predicted octanol–water partition coefficient (Wildman–Crippen LogP) is 3.16. The molecule has 0 saturated carbocycles. The van der Waals surface area contributed by atoms with E-state index in [0.717, 1.165) is 0 Å². The first-order valence-electron chi connectivity index (χ1n) is 9.88. The fraction of sp³-hybridized carbons (Fsp3) is 0.333. The molecule has 2 N–H and O–H groups in total. The van der Waals surface area contributed by atoms with E-state index in [1.807, 2.05) is 0 Å². The lowest BCUT2D eigenvalue weighted by Crippen LogP contribution is -2.43. The van der Waals surface area contributed by atoms with E-state index in [2.05, 4.69) is 10.6 Å². The van der Waals surface area contributed by atoms with E-state index < -0.39 is 28.1 Å². The molecule has 2 aliphatic rings. The molecule has 1 fully saturated rings. The Morgan fingerprint density at radius 3 is 2.84 bits per heavy atom. The van der Waals surface area contributed by atoms with Crippen molar-refractivity contribution in [2.75, 3.05) is 17.2 Å². The number of sulfonamides is 1. The summed E-state index contributed by atoms with van der Waals surface area (Å²) in [5.41, 5.74) is 1.55. The number of nitrogens with one attached hydrogen (secondary N) is 2. The van der Waals surface area contributed by atoms with Gasteiger partial charge in [0.2, 0.25) is 15.9 Å². The third-order valence-corrected chi connectivity index (χ3v) is 7.83. The van der Waals surface area contributed by atoms with Crippen LogP contribution in [0.15, 0.2) is 41.3 Å². The summed E-state index contributed by atoms with van der Waals surface area (Å²) < 4.78 is 33.3. The number of benzene rings is 2. The van der Waals surface area contributed by atoms with Crippen molar-refractivity contribution in [1.29, 1.82) is 0 Å². The summed E-state index contributed by atoms with van der Waals surface area (Å²) in [5, 5.41) is 5.97. The Bertz CT molecular complexity index is 1170. The van der Waals surface area contributed by atoms with Gasteiger partial charge in [-0.25, -0.2) is 8.42 Å². The normalized spacial score (nSPS) is 21.2. The second kappa shape index (κ2) is 8.14. The Kier molecular flexibility index (Phi) is 5.67. The zero-order valence-corrected chi connectivity index (χ0v) is 18.6. The molecule has 164 valence electrons. The van der Waals surface area contributed by atoms with Crippen LogP contribution in [0.1, 0.15) is 25.3 Å². The van der Waals surface area contributed by atoms with Gasteiger partial charge >= 0.3 is 0 Å². The molecule has 0 unspecified atom stereocenters. The van der Waals surface area contributed by atoms with Crippen LogP contribution in [-0.2, 0) is 19.6 Å². The third-order valence-electron chi connectivity index (χ3n) is 5.52. The van der Waals surface area contributed by atoms with Gasteiger partial charge in [0.25, 0.3) is 5.91 Å². The quantitative estimate of drug-likeness (QED) is 0.724. The molecule has 0 aliphatic carbocycles. The standard InChI is InChI=1S/C21H22ClN3O5S/c1-12-15(22)5-3-6-16(12)23-21(27)18-7-4-10-25(18)31(28,29)14-8-9-19-17(11-14)24-20(26)13(2)30-19/h3,5-6,8-9,11,13,18H,4,7,10H2,1-2H3,(H,23,27)(H,24,26)/t13-,18+/m1/s1. The summed E-state index contributed by atoms with van der Waals surface area (Å²) in [6.45, 7) is 3.62. The SMILES string of the molecule is Cc1c(Cl)cccc1NC(=O)[C@@H]1CCCN1S(=O)(=O)c1ccc2c(c1)NC(=O)[C@@H](C)O2. The van der Waals surface area contributed by atoms with Crippen molar-refractivity contribution in [3.63, 3.8) is 0 Å². The number of anilines is 2. The van der Waals surface area contributed by atoms with Crippen LogP contribution >= 0.6 is 11.6 Å². The van der Waals surface area contributed by atoms with Gasteiger partial charge in [0.05, 0.1) is 10.6 Å². The van der Waals surface area contributed by atoms with Crippen LogP contribution in [0.3, 0.4) is 0 Å². The van der Waals surface area contributed by atoms with Crippen LogP contribution in [0.2, 0.25) is 5.02 Å². The maximum absolute atomic E-state index is 13.3. The molecule has 2 heterocycles. The van der Waals surface area contributed by atoms with Gasteiger partial charge in [0.15, 0.2) is 6.10 Å². The molecule has 2 aliphatic heterocycles. The molecule has 1 saturated heterocycles. The predicted molar refractivity (Wildman–Crippen MR) is 117 cm³/mol. The lowest BCUT2D eigenvalue weighted by atomic mass is 10.1. The summed E-state index contributed by atoms with van der Waals surface area (Å²) in [7, 11) is -3.97. The number of rotatable bonds is 4. The molecule has 2 amide bonds. The van der Waals surface area contributed by atoms with Crippen LogP contribution in [0, 0.1) is 6.92 Å². The minimum absolute atomic E-state index is 0.0108. The molecule has 0 spiro atoms. The molecule has 0 aromatic heterocycles. The van der Waals surface area contributed by atoms with Crippen molar-refractivity contribution < 1.29 is 22.7 Å². The maximum atomic E-state index is 13.3. The number of carbonyl (C=O) groups excluding carboxylic acids is 2. The molecule has 2 aromatic carbocycles. The molecule has 0 radical (unpaired) electrons. The summed E-state index contributed by atoms with van der Waals surface area (Å²) in [4.78, 5) is 24.8. The maximum Gasteiger partial charge on any atom is 0.265 e. The fourth-order valence-electron chi connectivity index (χ4n) is 3.73. The van der Waals surface area contributed by atoms with Crippen LogP contribution < -0.4 is 15.4 Å². The molecule has 2 atom stereocenters. The van der Waals surface area contributed by atoms with Gasteiger partial charge in [-0.2, -0.15) is 4.31 Å². The highest BCUT2D eigenvalue weighted by atomic mass is 35.5. The fourth-order valence-corrected chi connectivity index (χ4v) is 5.59. The largest absolute Gasteiger partial charge is 0.479 e. The highest BCUT2D eigenvalue weighted by Crippen LogP contribution is 2.35. The van der Waals surface area contributed by atoms with E-state index >= 15 is 0 Å². The smallest absolute Gasteiger partial charge is 0.265 e. The lowest BCUT2D eigenvalue weighted by molar-refractivity contribution is -0.122. The van der Waals surface area contributed by atoms with E-state index in [0.29, 0.717) is 40.6 Å². The van der Waals surface area contributed by atoms with Crippen LogP contribution in [-0.4, -0.2) is 43.2 Å². The minimum atomic E-state index is -3.97. The van der Waals surface area contributed by atoms with Crippen molar-refractivity contribution in [3.8, 4) is 5.75 Å².